The lowest BCUT2D eigenvalue weighted by Crippen LogP contribution is -2.43. The number of hydrogen-bond donors (Lipinski definition) is 6. The first-order chi connectivity index (χ1) is 31.4. The summed E-state index contributed by atoms with van der Waals surface area (Å²) in [6, 6.07) is 5.85. The first-order valence-corrected chi connectivity index (χ1v) is 21.1. The first kappa shape index (κ1) is 47.8. The summed E-state index contributed by atoms with van der Waals surface area (Å²) < 4.78 is 15.4. The molecule has 0 radical (unpaired) electrons. The van der Waals surface area contributed by atoms with Crippen LogP contribution in [0.4, 0.5) is 0 Å². The largest absolute Gasteiger partial charge is 0.481 e. The summed E-state index contributed by atoms with van der Waals surface area (Å²) in [4.78, 5) is 105. The van der Waals surface area contributed by atoms with E-state index in [1.165, 1.54) is 21.3 Å². The molecule has 8 bridgehead atoms. The van der Waals surface area contributed by atoms with Gasteiger partial charge < -0.3 is 45.0 Å². The molecule has 0 spiro atoms. The van der Waals surface area contributed by atoms with E-state index in [1.807, 2.05) is 52.0 Å². The van der Waals surface area contributed by atoms with Crippen LogP contribution in [0.2, 0.25) is 0 Å². The average molecular weight is 905 g/mol. The molecule has 1 aliphatic carbocycles. The smallest absolute Gasteiger partial charge is 0.334 e. The second-order valence-corrected chi connectivity index (χ2v) is 16.3. The van der Waals surface area contributed by atoms with Gasteiger partial charge in [-0.1, -0.05) is 24.8 Å². The summed E-state index contributed by atoms with van der Waals surface area (Å²) in [5.74, 6) is -6.92. The minimum absolute atomic E-state index is 0.00364. The van der Waals surface area contributed by atoms with Gasteiger partial charge in [0.05, 0.1) is 61.5 Å². The third kappa shape index (κ3) is 9.43. The quantitative estimate of drug-likeness (QED) is 0.0827. The highest BCUT2D eigenvalue weighted by Crippen LogP contribution is 2.52. The standard InChI is InChI=1S/C48H52N6O12/c1-9-26-23(2)32-19-37-30-13-10-29(46(62)65-7)44(47(63)66-8)48(30,5)39(53-37)21-33-25(4)28(12-15-43(59)64-6)36(52-33)20-35-27(24(3)31(51-35)18-34(26)50-32)11-14-40(55)49-17-16-41(56)54-38(45(60)61)22-42(57)58/h9-10,13,18-21,38,44,51-52H,1,11-12,14-17,22H2,2-8H3,(H,49,55)(H,54,56)(H,57,58)(H,60,61)/t38-,44-,48+/m0/s1. The zero-order valence-corrected chi connectivity index (χ0v) is 37.7. The normalized spacial score (nSPS) is 16.8. The number of aromatic nitrogens is 4. The summed E-state index contributed by atoms with van der Waals surface area (Å²) >= 11 is 0. The molecular formula is C48H52N6O12. The van der Waals surface area contributed by atoms with Gasteiger partial charge >= 0.3 is 29.8 Å². The van der Waals surface area contributed by atoms with Gasteiger partial charge in [-0.25, -0.2) is 14.6 Å². The third-order valence-corrected chi connectivity index (χ3v) is 12.4. The highest BCUT2D eigenvalue weighted by atomic mass is 16.5. The van der Waals surface area contributed by atoms with Crippen molar-refractivity contribution in [2.75, 3.05) is 27.9 Å². The van der Waals surface area contributed by atoms with E-state index in [2.05, 4.69) is 27.2 Å². The molecule has 3 aromatic heterocycles. The number of aryl methyl sites for hydroxylation is 4. The molecule has 6 N–H and O–H groups in total. The van der Waals surface area contributed by atoms with Gasteiger partial charge in [0.15, 0.2) is 0 Å². The van der Waals surface area contributed by atoms with Gasteiger partial charge in [-0.2, -0.15) is 0 Å². The Bertz CT molecular complexity index is 2850. The number of ether oxygens (including phenoxy) is 3. The van der Waals surface area contributed by atoms with Crippen LogP contribution in [0.5, 0.6) is 0 Å². The number of rotatable bonds is 16. The van der Waals surface area contributed by atoms with Gasteiger partial charge in [0.1, 0.15) is 12.0 Å². The summed E-state index contributed by atoms with van der Waals surface area (Å²) in [5.41, 5.74) is 9.01. The van der Waals surface area contributed by atoms with E-state index < -0.39 is 59.5 Å². The van der Waals surface area contributed by atoms with Crippen LogP contribution in [0.1, 0.15) is 84.6 Å². The zero-order valence-electron chi connectivity index (χ0n) is 37.7. The Labute approximate surface area is 379 Å². The summed E-state index contributed by atoms with van der Waals surface area (Å²) in [5, 5.41) is 23.1. The molecule has 6 rings (SSSR count). The van der Waals surface area contributed by atoms with Gasteiger partial charge in [0.25, 0.3) is 0 Å². The zero-order chi connectivity index (χ0) is 48.2. The van der Waals surface area contributed by atoms with Crippen molar-refractivity contribution >= 4 is 80.4 Å². The Balaban J connectivity index is 1.52. The lowest BCUT2D eigenvalue weighted by atomic mass is 9.64. The number of nitrogens with one attached hydrogen (secondary N) is 4. The average Bonchev–Trinajstić information content (AvgIpc) is 3.94. The molecule has 0 aromatic carbocycles. The number of methoxy groups -OCH3 is 3. The Morgan fingerprint density at radius 2 is 1.44 bits per heavy atom. The Morgan fingerprint density at radius 1 is 0.788 bits per heavy atom. The molecule has 0 fully saturated rings. The lowest BCUT2D eigenvalue weighted by molar-refractivity contribution is -0.149. The number of carbonyl (C=O) groups excluding carboxylic acids is 5. The van der Waals surface area contributed by atoms with Crippen molar-refractivity contribution in [1.82, 2.24) is 30.6 Å². The number of carboxylic acids is 2. The van der Waals surface area contributed by atoms with Crippen molar-refractivity contribution < 1.29 is 58.0 Å². The van der Waals surface area contributed by atoms with Gasteiger partial charge in [-0.15, -0.1) is 0 Å². The number of amides is 2. The van der Waals surface area contributed by atoms with E-state index in [1.54, 1.807) is 18.2 Å². The second kappa shape index (κ2) is 19.6. The first-order valence-electron chi connectivity index (χ1n) is 21.1. The maximum atomic E-state index is 13.8. The van der Waals surface area contributed by atoms with Crippen molar-refractivity contribution in [2.24, 2.45) is 5.92 Å². The minimum Gasteiger partial charge on any atom is -0.481 e. The molecule has 5 heterocycles. The molecule has 2 amide bonds. The number of carboxylic acid groups (broad SMARTS) is 2. The Morgan fingerprint density at radius 3 is 2.03 bits per heavy atom. The van der Waals surface area contributed by atoms with E-state index in [9.17, 15) is 38.7 Å². The van der Waals surface area contributed by atoms with Crippen molar-refractivity contribution in [3.8, 4) is 0 Å². The van der Waals surface area contributed by atoms with Crippen LogP contribution < -0.4 is 10.6 Å². The van der Waals surface area contributed by atoms with Gasteiger partial charge in [0.2, 0.25) is 11.8 Å². The number of hydrogen-bond acceptors (Lipinski definition) is 12. The molecule has 18 heteroatoms. The Kier molecular flexibility index (Phi) is 14.2. The van der Waals surface area contributed by atoms with Crippen molar-refractivity contribution in [3.05, 3.63) is 99.7 Å². The van der Waals surface area contributed by atoms with Crippen LogP contribution in [0, 0.1) is 19.8 Å². The van der Waals surface area contributed by atoms with E-state index in [-0.39, 0.29) is 50.1 Å². The van der Waals surface area contributed by atoms with Crippen LogP contribution in [0.3, 0.4) is 0 Å². The molecule has 346 valence electrons. The predicted molar refractivity (Wildman–Crippen MR) is 242 cm³/mol. The number of esters is 3. The molecule has 3 aromatic rings. The number of allylic oxidation sites excluding steroid dienone is 6. The second-order valence-electron chi connectivity index (χ2n) is 16.3. The number of aliphatic carboxylic acids is 2. The van der Waals surface area contributed by atoms with Crippen LogP contribution >= 0.6 is 0 Å². The van der Waals surface area contributed by atoms with Crippen molar-refractivity contribution in [1.29, 1.82) is 0 Å². The highest BCUT2D eigenvalue weighted by Gasteiger charge is 2.53. The fourth-order valence-electron chi connectivity index (χ4n) is 8.74. The SMILES string of the molecule is C=CC1=C(C)c2cc3nc(cc4[nH]c(cc5[nH]c(cc1n2)c(C)c5CCC(=O)NCCC(=O)N[C@@H](CC(=O)O)C(=O)O)c(CCC(=O)OC)c4C)[C@@]1(C)C3=CC=C(C(=O)OC)[C@H]1C(=O)OC. The highest BCUT2D eigenvalue weighted by molar-refractivity contribution is 6.02. The molecule has 0 saturated heterocycles. The third-order valence-electron chi connectivity index (χ3n) is 12.4. The number of nitrogens with zero attached hydrogens (tertiary/aromatic N) is 2. The van der Waals surface area contributed by atoms with Gasteiger partial charge in [0, 0.05) is 53.4 Å². The van der Waals surface area contributed by atoms with E-state index in [4.69, 9.17) is 29.3 Å². The molecule has 66 heavy (non-hydrogen) atoms. The van der Waals surface area contributed by atoms with Crippen LogP contribution in [-0.4, -0.2) is 106 Å². The number of fused-ring (bicyclic) bond motifs is 11. The maximum absolute atomic E-state index is 13.8. The number of carbonyl (C=O) groups is 7. The van der Waals surface area contributed by atoms with Gasteiger partial charge in [-0.3, -0.25) is 29.0 Å². The van der Waals surface area contributed by atoms with Crippen molar-refractivity contribution in [3.63, 3.8) is 0 Å². The van der Waals surface area contributed by atoms with Crippen LogP contribution in [0.15, 0.2) is 54.6 Å². The molecule has 0 unspecified atom stereocenters. The Hall–Kier alpha value is -7.63. The maximum Gasteiger partial charge on any atom is 0.334 e. The predicted octanol–water partition coefficient (Wildman–Crippen LogP) is 4.88. The molecule has 2 aliphatic heterocycles. The monoisotopic (exact) mass is 904 g/mol. The topological polar surface area (TPSA) is 269 Å². The molecular weight excluding hydrogens is 853 g/mol. The summed E-state index contributed by atoms with van der Waals surface area (Å²) in [7, 11) is 3.82. The molecule has 3 atom stereocenters. The summed E-state index contributed by atoms with van der Waals surface area (Å²) in [6.07, 6.45) is 4.55. The molecule has 0 saturated carbocycles. The molecule has 3 aliphatic rings. The van der Waals surface area contributed by atoms with Crippen molar-refractivity contribution in [2.45, 2.75) is 77.7 Å². The van der Waals surface area contributed by atoms with E-state index >= 15 is 0 Å². The van der Waals surface area contributed by atoms with Crippen LogP contribution in [-0.2, 0) is 66.0 Å². The van der Waals surface area contributed by atoms with Gasteiger partial charge in [-0.05, 0) is 98.2 Å². The van der Waals surface area contributed by atoms with E-state index in [0.29, 0.717) is 50.4 Å². The number of aromatic amines is 2. The fraction of sp³-hybridized carbons (Fsp3) is 0.354. The number of H-pyrrole nitrogens is 2. The van der Waals surface area contributed by atoms with Crippen LogP contribution in [0.25, 0.3) is 38.8 Å². The molecule has 18 nitrogen and oxygen atoms in total. The minimum atomic E-state index is -1.61. The summed E-state index contributed by atoms with van der Waals surface area (Å²) in [6.45, 7) is 11.5. The fourth-order valence-corrected chi connectivity index (χ4v) is 8.74. The lowest BCUT2D eigenvalue weighted by Gasteiger charge is -2.36. The van der Waals surface area contributed by atoms with E-state index in [0.717, 1.165) is 33.4 Å².